The zero-order valence-electron chi connectivity index (χ0n) is 21.4. The number of carbonyl (C=O) groups is 1. The highest BCUT2D eigenvalue weighted by Crippen LogP contribution is 2.39. The van der Waals surface area contributed by atoms with Gasteiger partial charge in [-0.3, -0.25) is 4.79 Å². The van der Waals surface area contributed by atoms with Crippen LogP contribution in [0.1, 0.15) is 52.9 Å². The molecule has 0 aromatic heterocycles. The first-order chi connectivity index (χ1) is 17.2. The molecule has 2 heterocycles. The van der Waals surface area contributed by atoms with Gasteiger partial charge in [0.2, 0.25) is 0 Å². The van der Waals surface area contributed by atoms with Crippen LogP contribution >= 0.6 is 0 Å². The topological polar surface area (TPSA) is 108 Å². The normalized spacial score (nSPS) is 17.4. The van der Waals surface area contributed by atoms with Gasteiger partial charge >= 0.3 is 0 Å². The molecule has 1 atom stereocenters. The van der Waals surface area contributed by atoms with Gasteiger partial charge < -0.3 is 19.4 Å². The summed E-state index contributed by atoms with van der Waals surface area (Å²) in [6, 6.07) is 11.8. The highest BCUT2D eigenvalue weighted by atomic mass is 32.2. The van der Waals surface area contributed by atoms with E-state index in [0.29, 0.717) is 19.4 Å². The number of methoxy groups -OCH3 is 1. The second-order valence-electron chi connectivity index (χ2n) is 9.48. The summed E-state index contributed by atoms with van der Waals surface area (Å²) in [5.74, 6) is 0.801. The van der Waals surface area contributed by atoms with Crippen LogP contribution in [-0.2, 0) is 16.8 Å². The zero-order valence-corrected chi connectivity index (χ0v) is 22.2. The van der Waals surface area contributed by atoms with Gasteiger partial charge in [0, 0.05) is 56.1 Å². The van der Waals surface area contributed by atoms with Crippen LogP contribution in [0.15, 0.2) is 36.4 Å². The Kier molecular flexibility index (Phi) is 8.19. The van der Waals surface area contributed by atoms with E-state index >= 15 is 0 Å². The number of hydrogen-bond donors (Lipinski definition) is 2. The number of nitrogens with two attached hydrogens (primary N) is 1. The minimum atomic E-state index is -3.76. The van der Waals surface area contributed by atoms with Crippen LogP contribution < -0.4 is 19.5 Å². The number of hydrogen-bond acceptors (Lipinski definition) is 6. The number of piperazine rings is 1. The van der Waals surface area contributed by atoms with Gasteiger partial charge in [-0.15, -0.1) is 0 Å². The van der Waals surface area contributed by atoms with Gasteiger partial charge in [-0.05, 0) is 55.6 Å². The van der Waals surface area contributed by atoms with Crippen LogP contribution in [0.25, 0.3) is 0 Å². The fraction of sp³-hybridized carbons (Fsp3) is 0.500. The maximum Gasteiger partial charge on any atom is 0.274 e. The van der Waals surface area contributed by atoms with E-state index in [2.05, 4.69) is 33.6 Å². The van der Waals surface area contributed by atoms with Gasteiger partial charge in [0.15, 0.2) is 0 Å². The molecule has 2 aliphatic heterocycles. The first-order valence-electron chi connectivity index (χ1n) is 12.5. The molecule has 0 saturated carbocycles. The molecule has 9 nitrogen and oxygen atoms in total. The van der Waals surface area contributed by atoms with Crippen molar-refractivity contribution in [2.24, 2.45) is 5.14 Å². The molecule has 36 heavy (non-hydrogen) atoms. The summed E-state index contributed by atoms with van der Waals surface area (Å²) in [7, 11) is -2.12. The summed E-state index contributed by atoms with van der Waals surface area (Å²) < 4.78 is 30.4. The maximum atomic E-state index is 13.7. The van der Waals surface area contributed by atoms with Crippen LogP contribution in [0.4, 0.5) is 5.69 Å². The van der Waals surface area contributed by atoms with Crippen molar-refractivity contribution in [1.82, 2.24) is 14.5 Å². The van der Waals surface area contributed by atoms with Crippen LogP contribution in [0, 0.1) is 6.92 Å². The molecular formula is C26H37N5O4S. The Morgan fingerprint density at radius 3 is 2.53 bits per heavy atom. The Hall–Kier alpha value is -2.66. The second kappa shape index (κ2) is 11.2. The Labute approximate surface area is 214 Å². The van der Waals surface area contributed by atoms with Gasteiger partial charge in [-0.25, -0.2) is 9.86 Å². The van der Waals surface area contributed by atoms with Crippen molar-refractivity contribution < 1.29 is 17.9 Å². The number of likely N-dealkylation sites (N-methyl/N-ethyl adjacent to an activating group) is 1. The first-order valence-corrected chi connectivity index (χ1v) is 14.1. The lowest BCUT2D eigenvalue weighted by molar-refractivity contribution is 0.0689. The van der Waals surface area contributed by atoms with Crippen molar-refractivity contribution in [2.75, 3.05) is 51.3 Å². The van der Waals surface area contributed by atoms with E-state index in [0.717, 1.165) is 66.4 Å². The van der Waals surface area contributed by atoms with E-state index in [1.807, 2.05) is 36.1 Å². The fourth-order valence-electron chi connectivity index (χ4n) is 5.31. The number of anilines is 1. The number of nitrogens with one attached hydrogen (secondary N) is 1. The average Bonchev–Trinajstić information content (AvgIpc) is 3.19. The van der Waals surface area contributed by atoms with Gasteiger partial charge in [-0.1, -0.05) is 25.1 Å². The van der Waals surface area contributed by atoms with Crippen molar-refractivity contribution in [2.45, 2.75) is 39.3 Å². The summed E-state index contributed by atoms with van der Waals surface area (Å²) in [6.07, 6.45) is 1.14. The third-order valence-electron chi connectivity index (χ3n) is 7.27. The predicted molar refractivity (Wildman–Crippen MR) is 141 cm³/mol. The smallest absolute Gasteiger partial charge is 0.274 e. The van der Waals surface area contributed by atoms with E-state index < -0.39 is 10.2 Å². The summed E-state index contributed by atoms with van der Waals surface area (Å²) >= 11 is 0. The predicted octanol–water partition coefficient (Wildman–Crippen LogP) is 2.42. The molecule has 0 bridgehead atoms. The van der Waals surface area contributed by atoms with Crippen LogP contribution in [0.5, 0.6) is 5.75 Å². The van der Waals surface area contributed by atoms with Crippen molar-refractivity contribution in [3.8, 4) is 5.75 Å². The third kappa shape index (κ3) is 5.83. The van der Waals surface area contributed by atoms with Crippen molar-refractivity contribution in [3.63, 3.8) is 0 Å². The molecule has 2 aromatic carbocycles. The number of ether oxygens (including phenoxy) is 1. The number of nitrogens with zero attached hydrogens (tertiary/aromatic N) is 3. The van der Waals surface area contributed by atoms with E-state index in [9.17, 15) is 13.2 Å². The minimum absolute atomic E-state index is 0.0110. The molecule has 10 heteroatoms. The van der Waals surface area contributed by atoms with E-state index in [-0.39, 0.29) is 18.5 Å². The lowest BCUT2D eigenvalue weighted by atomic mass is 9.98. The highest BCUT2D eigenvalue weighted by molar-refractivity contribution is 7.87. The van der Waals surface area contributed by atoms with Crippen LogP contribution in [0.2, 0.25) is 0 Å². The lowest BCUT2D eigenvalue weighted by Gasteiger charge is -2.36. The lowest BCUT2D eigenvalue weighted by Crippen LogP contribution is -2.46. The summed E-state index contributed by atoms with van der Waals surface area (Å²) in [5.41, 5.74) is 4.96. The minimum Gasteiger partial charge on any atom is -0.496 e. The molecule has 0 radical (unpaired) electrons. The molecule has 4 rings (SSSR count). The monoisotopic (exact) mass is 515 g/mol. The number of carbonyl (C=O) groups excluding carboxylic acids is 1. The maximum absolute atomic E-state index is 13.7. The molecule has 1 amide bonds. The molecule has 2 aromatic rings. The molecule has 2 aliphatic rings. The number of rotatable bonds is 10. The zero-order chi connectivity index (χ0) is 25.9. The van der Waals surface area contributed by atoms with Gasteiger partial charge in [0.25, 0.3) is 16.1 Å². The van der Waals surface area contributed by atoms with Crippen molar-refractivity contribution >= 4 is 21.8 Å². The van der Waals surface area contributed by atoms with E-state index in [1.54, 1.807) is 7.11 Å². The molecule has 0 unspecified atom stereocenters. The quantitative estimate of drug-likeness (QED) is 0.471. The SMILES string of the molecule is CCN1CCN(c2cccc3c2CN([C@H](CCCNS(N)(=O)=O)c2ccc(OC)c(C)c2)C3=O)CC1. The molecule has 3 N–H and O–H groups in total. The molecule has 1 saturated heterocycles. The Morgan fingerprint density at radius 1 is 1.14 bits per heavy atom. The van der Waals surface area contributed by atoms with Crippen LogP contribution in [0.3, 0.4) is 0 Å². The number of amides is 1. The Balaban J connectivity index is 1.60. The van der Waals surface area contributed by atoms with Gasteiger partial charge in [-0.2, -0.15) is 8.42 Å². The van der Waals surface area contributed by atoms with Crippen LogP contribution in [-0.4, -0.2) is 70.5 Å². The van der Waals surface area contributed by atoms with Crippen molar-refractivity contribution in [3.05, 3.63) is 58.7 Å². The fourth-order valence-corrected chi connectivity index (χ4v) is 5.74. The third-order valence-corrected chi connectivity index (χ3v) is 7.88. The van der Waals surface area contributed by atoms with Gasteiger partial charge in [0.1, 0.15) is 5.75 Å². The van der Waals surface area contributed by atoms with E-state index in [4.69, 9.17) is 9.88 Å². The average molecular weight is 516 g/mol. The Bertz CT molecular complexity index is 1190. The second-order valence-corrected chi connectivity index (χ2v) is 10.9. The first kappa shape index (κ1) is 26.4. The number of benzene rings is 2. The molecule has 196 valence electrons. The summed E-state index contributed by atoms with van der Waals surface area (Å²) in [4.78, 5) is 20.4. The molecule has 1 fully saturated rings. The summed E-state index contributed by atoms with van der Waals surface area (Å²) in [5, 5.41) is 5.10. The standard InChI is InChI=1S/C26H37N5O4S/c1-4-29-13-15-30(16-14-29)24-8-5-7-21-22(24)18-31(26(21)32)23(9-6-12-28-36(27,33)34)20-10-11-25(35-3)19(2)17-20/h5,7-8,10-11,17,23,28H,4,6,9,12-16,18H2,1-3H3,(H2,27,33,34)/t23-/m1/s1. The van der Waals surface area contributed by atoms with Crippen molar-refractivity contribution in [1.29, 1.82) is 0 Å². The molecule has 0 spiro atoms. The van der Waals surface area contributed by atoms with Gasteiger partial charge in [0.05, 0.1) is 13.2 Å². The molecule has 0 aliphatic carbocycles. The largest absolute Gasteiger partial charge is 0.496 e. The molecular weight excluding hydrogens is 478 g/mol. The summed E-state index contributed by atoms with van der Waals surface area (Å²) in [6.45, 7) is 9.88. The number of aryl methyl sites for hydroxylation is 1. The highest BCUT2D eigenvalue weighted by Gasteiger charge is 2.36. The van der Waals surface area contributed by atoms with E-state index in [1.165, 1.54) is 0 Å². The number of fused-ring (bicyclic) bond motifs is 1. The Morgan fingerprint density at radius 2 is 1.89 bits per heavy atom.